The van der Waals surface area contributed by atoms with Gasteiger partial charge in [-0.25, -0.2) is 9.59 Å². The third kappa shape index (κ3) is 10.7. The van der Waals surface area contributed by atoms with Crippen LogP contribution in [0.5, 0.6) is 0 Å². The molecule has 0 spiro atoms. The number of carbonyl (C=O) groups excluding carboxylic acids is 2. The van der Waals surface area contributed by atoms with Crippen molar-refractivity contribution in [3.05, 3.63) is 54.6 Å². The van der Waals surface area contributed by atoms with E-state index >= 15 is 0 Å². The number of hydrogen-bond donors (Lipinski definition) is 1. The lowest BCUT2D eigenvalue weighted by Crippen LogP contribution is -2.16. The Morgan fingerprint density at radius 3 is 1.72 bits per heavy atom. The lowest BCUT2D eigenvalue weighted by Gasteiger charge is -2.11. The van der Waals surface area contributed by atoms with Gasteiger partial charge in [0.1, 0.15) is 0 Å². The van der Waals surface area contributed by atoms with Crippen molar-refractivity contribution in [2.75, 3.05) is 13.2 Å². The average Bonchev–Trinajstić information content (AvgIpc) is 2.76. The van der Waals surface area contributed by atoms with Crippen LogP contribution in [-0.2, 0) is 19.6 Å². The van der Waals surface area contributed by atoms with Gasteiger partial charge in [-0.3, -0.25) is 4.55 Å². The lowest BCUT2D eigenvalue weighted by atomic mass is 10.1. The van der Waals surface area contributed by atoms with Crippen molar-refractivity contribution in [1.82, 2.24) is 0 Å². The first-order valence-corrected chi connectivity index (χ1v) is 12.4. The fourth-order valence-electron chi connectivity index (χ4n) is 3.00. The van der Waals surface area contributed by atoms with Crippen LogP contribution >= 0.6 is 0 Å². The van der Waals surface area contributed by atoms with Crippen LogP contribution in [-0.4, -0.2) is 38.1 Å². The number of ether oxygens (including phenoxy) is 2. The highest BCUT2D eigenvalue weighted by molar-refractivity contribution is 7.85. The first-order valence-electron chi connectivity index (χ1n) is 11.0. The minimum atomic E-state index is -4.55. The van der Waals surface area contributed by atoms with Gasteiger partial charge < -0.3 is 9.47 Å². The second-order valence-electron chi connectivity index (χ2n) is 7.44. The van der Waals surface area contributed by atoms with Crippen LogP contribution < -0.4 is 0 Å². The van der Waals surface area contributed by atoms with Crippen LogP contribution in [0.2, 0.25) is 0 Å². The summed E-state index contributed by atoms with van der Waals surface area (Å²) in [5.41, 5.74) is -0.345. The van der Waals surface area contributed by atoms with Gasteiger partial charge in [0, 0.05) is 0 Å². The molecule has 0 bridgehead atoms. The average molecular weight is 467 g/mol. The summed E-state index contributed by atoms with van der Waals surface area (Å²) in [6, 6.07) is 3.15. The van der Waals surface area contributed by atoms with Gasteiger partial charge in [-0.05, 0) is 56.7 Å². The Bertz CT molecular complexity index is 859. The van der Waals surface area contributed by atoms with Gasteiger partial charge in [-0.15, -0.1) is 13.2 Å². The zero-order chi connectivity index (χ0) is 23.8. The van der Waals surface area contributed by atoms with Crippen LogP contribution in [0.15, 0.2) is 48.4 Å². The molecule has 0 aromatic heterocycles. The Balaban J connectivity index is 2.73. The molecule has 0 unspecified atom stereocenters. The summed E-state index contributed by atoms with van der Waals surface area (Å²) in [6.45, 7) is 7.66. The largest absolute Gasteiger partial charge is 0.462 e. The molecule has 0 heterocycles. The second-order valence-corrected chi connectivity index (χ2v) is 8.86. The maximum atomic E-state index is 12.5. The van der Waals surface area contributed by atoms with Crippen molar-refractivity contribution in [3.8, 4) is 0 Å². The normalized spacial score (nSPS) is 11.0. The monoisotopic (exact) mass is 466 g/mol. The summed E-state index contributed by atoms with van der Waals surface area (Å²) in [5.74, 6) is -1.58. The number of esters is 2. The van der Waals surface area contributed by atoms with Crippen LogP contribution in [0.25, 0.3) is 0 Å². The molecule has 7 nitrogen and oxygen atoms in total. The molecule has 0 fully saturated rings. The molecule has 0 aliphatic heterocycles. The topological polar surface area (TPSA) is 107 Å². The van der Waals surface area contributed by atoms with E-state index < -0.39 is 27.0 Å². The highest BCUT2D eigenvalue weighted by atomic mass is 32.2. The number of rotatable bonds is 17. The Hall–Kier alpha value is -2.45. The fourth-order valence-corrected chi connectivity index (χ4v) is 3.51. The summed E-state index contributed by atoms with van der Waals surface area (Å²) < 4.78 is 42.7. The first-order chi connectivity index (χ1) is 15.3. The molecule has 8 heteroatoms. The number of hydrogen-bond acceptors (Lipinski definition) is 6. The van der Waals surface area contributed by atoms with Crippen LogP contribution in [0.4, 0.5) is 0 Å². The van der Waals surface area contributed by atoms with Gasteiger partial charge >= 0.3 is 11.9 Å². The molecule has 0 aliphatic carbocycles. The second kappa shape index (κ2) is 15.4. The van der Waals surface area contributed by atoms with Gasteiger partial charge in [0.15, 0.2) is 0 Å². The first kappa shape index (κ1) is 27.6. The number of allylic oxidation sites excluding steroid dienone is 2. The standard InChI is InChI=1S/C24H34O7S/c1-3-5-7-9-11-13-17-30-23(25)21-16-15-20(32(27,28)29)19-22(21)24(26)31-18-14-12-10-8-6-4-2/h3-4,15-16,19H,1-2,5-14,17-18H2,(H,27,28,29). The van der Waals surface area contributed by atoms with Gasteiger partial charge in [0.05, 0.1) is 29.2 Å². The number of unbranched alkanes of at least 4 members (excludes halogenated alkanes) is 8. The summed E-state index contributed by atoms with van der Waals surface area (Å²) in [5, 5.41) is 0. The highest BCUT2D eigenvalue weighted by Crippen LogP contribution is 2.19. The quantitative estimate of drug-likeness (QED) is 0.139. The van der Waals surface area contributed by atoms with Crippen LogP contribution in [0, 0.1) is 0 Å². The number of benzene rings is 1. The van der Waals surface area contributed by atoms with Crippen LogP contribution in [0.1, 0.15) is 84.9 Å². The molecule has 0 aliphatic rings. The minimum Gasteiger partial charge on any atom is -0.462 e. The van der Waals surface area contributed by atoms with E-state index in [0.717, 1.165) is 69.6 Å². The van der Waals surface area contributed by atoms with Crippen molar-refractivity contribution < 1.29 is 32.0 Å². The molecule has 0 saturated carbocycles. The zero-order valence-corrected chi connectivity index (χ0v) is 19.4. The molecule has 32 heavy (non-hydrogen) atoms. The van der Waals surface area contributed by atoms with Crippen molar-refractivity contribution in [1.29, 1.82) is 0 Å². The third-order valence-corrected chi connectivity index (χ3v) is 5.65. The summed E-state index contributed by atoms with van der Waals surface area (Å²) >= 11 is 0. The number of carbonyl (C=O) groups is 2. The van der Waals surface area contributed by atoms with E-state index in [-0.39, 0.29) is 24.3 Å². The van der Waals surface area contributed by atoms with Gasteiger partial charge in [0.25, 0.3) is 10.1 Å². The van der Waals surface area contributed by atoms with E-state index in [1.807, 2.05) is 12.2 Å². The smallest absolute Gasteiger partial charge is 0.339 e. The van der Waals surface area contributed by atoms with Crippen molar-refractivity contribution >= 4 is 22.1 Å². The molecule has 0 radical (unpaired) electrons. The van der Waals surface area contributed by atoms with E-state index in [0.29, 0.717) is 12.8 Å². The SMILES string of the molecule is C=CCCCCCCOC(=O)c1ccc(S(=O)(=O)O)cc1C(=O)OCCCCCCC=C. The minimum absolute atomic E-state index is 0.0972. The lowest BCUT2D eigenvalue weighted by molar-refractivity contribution is 0.0450. The fraction of sp³-hybridized carbons (Fsp3) is 0.500. The Morgan fingerprint density at radius 2 is 1.25 bits per heavy atom. The zero-order valence-electron chi connectivity index (χ0n) is 18.6. The molecule has 0 atom stereocenters. The van der Waals surface area contributed by atoms with Gasteiger partial charge in [-0.2, -0.15) is 8.42 Å². The van der Waals surface area contributed by atoms with Gasteiger partial charge in [0.2, 0.25) is 0 Å². The predicted octanol–water partition coefficient (Wildman–Crippen LogP) is 5.52. The predicted molar refractivity (Wildman–Crippen MR) is 123 cm³/mol. The molecule has 1 N–H and O–H groups in total. The maximum Gasteiger partial charge on any atom is 0.339 e. The van der Waals surface area contributed by atoms with E-state index in [4.69, 9.17) is 9.47 Å². The Labute approximate surface area is 191 Å². The van der Waals surface area contributed by atoms with E-state index in [1.165, 1.54) is 0 Å². The molecule has 1 aromatic carbocycles. The Kier molecular flexibility index (Phi) is 13.2. The van der Waals surface area contributed by atoms with Crippen molar-refractivity contribution in [3.63, 3.8) is 0 Å². The molecule has 1 aromatic rings. The summed E-state index contributed by atoms with van der Waals surface area (Å²) in [4.78, 5) is 24.5. The summed E-state index contributed by atoms with van der Waals surface area (Å²) in [7, 11) is -4.55. The molecule has 0 amide bonds. The molecule has 0 saturated heterocycles. The molecular weight excluding hydrogens is 432 g/mol. The highest BCUT2D eigenvalue weighted by Gasteiger charge is 2.23. The van der Waals surface area contributed by atoms with Crippen molar-refractivity contribution in [2.24, 2.45) is 0 Å². The molecule has 1 rings (SSSR count). The van der Waals surface area contributed by atoms with E-state index in [9.17, 15) is 22.6 Å². The summed E-state index contributed by atoms with van der Waals surface area (Å²) in [6.07, 6.45) is 12.7. The van der Waals surface area contributed by atoms with Crippen LogP contribution in [0.3, 0.4) is 0 Å². The molecule has 178 valence electrons. The van der Waals surface area contributed by atoms with Gasteiger partial charge in [-0.1, -0.05) is 37.8 Å². The maximum absolute atomic E-state index is 12.5. The van der Waals surface area contributed by atoms with E-state index in [2.05, 4.69) is 13.2 Å². The third-order valence-electron chi connectivity index (χ3n) is 4.80. The van der Waals surface area contributed by atoms with Crippen molar-refractivity contribution in [2.45, 2.75) is 69.1 Å². The molecular formula is C24H34O7S. The Morgan fingerprint density at radius 1 is 0.781 bits per heavy atom. The van der Waals surface area contributed by atoms with E-state index in [1.54, 1.807) is 0 Å².